The maximum atomic E-state index is 12.7. The lowest BCUT2D eigenvalue weighted by atomic mass is 9.91. The summed E-state index contributed by atoms with van der Waals surface area (Å²) in [6, 6.07) is 9.59. The van der Waals surface area contributed by atoms with Gasteiger partial charge in [-0.3, -0.25) is 14.5 Å². The van der Waals surface area contributed by atoms with Gasteiger partial charge >= 0.3 is 0 Å². The zero-order valence-corrected chi connectivity index (χ0v) is 14.4. The van der Waals surface area contributed by atoms with Gasteiger partial charge in [0.1, 0.15) is 23.5 Å². The first-order valence-corrected chi connectivity index (χ1v) is 8.14. The van der Waals surface area contributed by atoms with Gasteiger partial charge in [0.15, 0.2) is 0 Å². The van der Waals surface area contributed by atoms with Crippen LogP contribution in [0.25, 0.3) is 6.08 Å². The van der Waals surface area contributed by atoms with Crippen molar-refractivity contribution in [1.29, 1.82) is 5.26 Å². The van der Waals surface area contributed by atoms with Crippen LogP contribution in [0.15, 0.2) is 52.6 Å². The zero-order chi connectivity index (χ0) is 18.1. The largest absolute Gasteiger partial charge is 0.485 e. The van der Waals surface area contributed by atoms with E-state index in [9.17, 15) is 14.9 Å². The molecule has 1 aromatic rings. The zero-order valence-electron chi connectivity index (χ0n) is 14.4. The van der Waals surface area contributed by atoms with E-state index < -0.39 is 5.91 Å². The third kappa shape index (κ3) is 2.76. The van der Waals surface area contributed by atoms with Crippen LogP contribution in [0.1, 0.15) is 26.3 Å². The van der Waals surface area contributed by atoms with Crippen molar-refractivity contribution in [1.82, 2.24) is 4.90 Å². The summed E-state index contributed by atoms with van der Waals surface area (Å²) < 4.78 is 5.90. The van der Waals surface area contributed by atoms with E-state index in [1.807, 2.05) is 43.3 Å². The molecule has 0 bridgehead atoms. The normalized spacial score (nSPS) is 21.7. The van der Waals surface area contributed by atoms with E-state index in [-0.39, 0.29) is 24.1 Å². The number of nitrogens with zero attached hydrogens (tertiary/aromatic N) is 2. The van der Waals surface area contributed by atoms with Crippen LogP contribution in [0.4, 0.5) is 0 Å². The Hall–Kier alpha value is -3.13. The van der Waals surface area contributed by atoms with Crippen molar-refractivity contribution >= 4 is 17.9 Å². The highest BCUT2D eigenvalue weighted by molar-refractivity contribution is 6.18. The number of benzene rings is 1. The van der Waals surface area contributed by atoms with E-state index in [4.69, 9.17) is 4.74 Å². The first-order valence-electron chi connectivity index (χ1n) is 8.14. The molecule has 1 aromatic carbocycles. The van der Waals surface area contributed by atoms with Crippen molar-refractivity contribution in [2.75, 3.05) is 6.54 Å². The molecule has 0 spiro atoms. The molecule has 5 heteroatoms. The van der Waals surface area contributed by atoms with Crippen LogP contribution in [0.5, 0.6) is 5.75 Å². The van der Waals surface area contributed by atoms with Gasteiger partial charge in [-0.2, -0.15) is 5.26 Å². The highest BCUT2D eigenvalue weighted by Gasteiger charge is 2.35. The molecule has 5 nitrogen and oxygen atoms in total. The van der Waals surface area contributed by atoms with Crippen LogP contribution in [0.2, 0.25) is 0 Å². The summed E-state index contributed by atoms with van der Waals surface area (Å²) in [5.74, 6) is -0.115. The van der Waals surface area contributed by atoms with Crippen molar-refractivity contribution in [3.63, 3.8) is 0 Å². The smallest absolute Gasteiger partial charge is 0.271 e. The molecule has 0 aliphatic carbocycles. The molecule has 0 aromatic heterocycles. The van der Waals surface area contributed by atoms with E-state index >= 15 is 0 Å². The van der Waals surface area contributed by atoms with Crippen LogP contribution >= 0.6 is 0 Å². The Morgan fingerprint density at radius 1 is 1.28 bits per heavy atom. The number of imide groups is 1. The molecule has 0 N–H and O–H groups in total. The minimum Gasteiger partial charge on any atom is -0.485 e. The average Bonchev–Trinajstić information content (AvgIpc) is 2.59. The molecular formula is C20H18N2O3. The third-order valence-corrected chi connectivity index (χ3v) is 4.47. The lowest BCUT2D eigenvalue weighted by molar-refractivity contribution is -0.140. The van der Waals surface area contributed by atoms with Gasteiger partial charge in [0.05, 0.1) is 0 Å². The standard InChI is InChI=1S/C20H18N2O3/c1-4-22-19(23)16(12(2)17(11-21)20(22)24)10-15-9-14-7-5-6-8-18(14)25-13(15)3/h5-10,13H,4H2,1-3H3. The number of fused-ring (bicyclic) bond motifs is 1. The molecule has 1 atom stereocenters. The van der Waals surface area contributed by atoms with Gasteiger partial charge in [-0.15, -0.1) is 0 Å². The summed E-state index contributed by atoms with van der Waals surface area (Å²) in [6.45, 7) is 5.47. The molecule has 3 rings (SSSR count). The molecule has 2 aliphatic heterocycles. The molecule has 2 amide bonds. The Balaban J connectivity index is 2.13. The highest BCUT2D eigenvalue weighted by Crippen LogP contribution is 2.32. The first-order chi connectivity index (χ1) is 12.0. The Bertz CT molecular complexity index is 900. The van der Waals surface area contributed by atoms with Gasteiger partial charge in [-0.05, 0) is 50.1 Å². The Kier molecular flexibility index (Phi) is 4.28. The molecule has 1 unspecified atom stereocenters. The summed E-state index contributed by atoms with van der Waals surface area (Å²) >= 11 is 0. The van der Waals surface area contributed by atoms with Crippen LogP contribution in [-0.2, 0) is 9.59 Å². The summed E-state index contributed by atoms with van der Waals surface area (Å²) in [5, 5.41) is 9.30. The molecular weight excluding hydrogens is 316 g/mol. The number of rotatable bonds is 2. The second kappa shape index (κ2) is 6.40. The maximum absolute atomic E-state index is 12.7. The van der Waals surface area contributed by atoms with Gasteiger partial charge in [0.2, 0.25) is 0 Å². The summed E-state index contributed by atoms with van der Waals surface area (Å²) in [4.78, 5) is 26.0. The molecule has 0 fully saturated rings. The van der Waals surface area contributed by atoms with Gasteiger partial charge < -0.3 is 4.74 Å². The van der Waals surface area contributed by atoms with Crippen LogP contribution in [0.3, 0.4) is 0 Å². The Labute approximate surface area is 146 Å². The number of likely N-dealkylation sites (N-methyl/N-ethyl adjacent to an activating group) is 1. The first kappa shape index (κ1) is 16.7. The molecule has 0 saturated heterocycles. The van der Waals surface area contributed by atoms with Crippen LogP contribution < -0.4 is 4.74 Å². The van der Waals surface area contributed by atoms with Gasteiger partial charge in [-0.1, -0.05) is 18.2 Å². The molecule has 126 valence electrons. The summed E-state index contributed by atoms with van der Waals surface area (Å²) in [7, 11) is 0. The number of carbonyl (C=O) groups is 2. The number of carbonyl (C=O) groups excluding carboxylic acids is 2. The van der Waals surface area contributed by atoms with Crippen molar-refractivity contribution in [3.8, 4) is 11.8 Å². The van der Waals surface area contributed by atoms with E-state index in [2.05, 4.69) is 0 Å². The molecule has 2 aliphatic rings. The SMILES string of the molecule is CCN1C(=O)C(=CC2=Cc3ccccc3OC2C)C(C)=C(C#N)C1=O. The monoisotopic (exact) mass is 334 g/mol. The summed E-state index contributed by atoms with van der Waals surface area (Å²) in [6.07, 6.45) is 3.46. The van der Waals surface area contributed by atoms with E-state index in [0.717, 1.165) is 21.8 Å². The average molecular weight is 334 g/mol. The van der Waals surface area contributed by atoms with Crippen molar-refractivity contribution in [2.45, 2.75) is 26.9 Å². The minimum absolute atomic E-state index is 0.0121. The second-order valence-electron chi connectivity index (χ2n) is 5.97. The molecule has 2 heterocycles. The molecule has 0 saturated carbocycles. The fraction of sp³-hybridized carbons (Fsp3) is 0.250. The van der Waals surface area contributed by atoms with E-state index in [1.54, 1.807) is 19.9 Å². The van der Waals surface area contributed by atoms with Gasteiger partial charge in [-0.25, -0.2) is 0 Å². The predicted octanol–water partition coefficient (Wildman–Crippen LogP) is 3.01. The molecule has 0 radical (unpaired) electrons. The van der Waals surface area contributed by atoms with Crippen molar-refractivity contribution < 1.29 is 14.3 Å². The predicted molar refractivity (Wildman–Crippen MR) is 93.3 cm³/mol. The maximum Gasteiger partial charge on any atom is 0.271 e. The second-order valence-corrected chi connectivity index (χ2v) is 5.97. The van der Waals surface area contributed by atoms with E-state index in [1.165, 1.54) is 0 Å². The van der Waals surface area contributed by atoms with Crippen LogP contribution in [-0.4, -0.2) is 29.4 Å². The summed E-state index contributed by atoms with van der Waals surface area (Å²) in [5.41, 5.74) is 2.54. The quantitative estimate of drug-likeness (QED) is 0.616. The minimum atomic E-state index is -0.531. The third-order valence-electron chi connectivity index (χ3n) is 4.47. The highest BCUT2D eigenvalue weighted by atomic mass is 16.5. The fourth-order valence-corrected chi connectivity index (χ4v) is 3.01. The van der Waals surface area contributed by atoms with Crippen molar-refractivity contribution in [3.05, 3.63) is 58.2 Å². The molecule has 25 heavy (non-hydrogen) atoms. The Morgan fingerprint density at radius 3 is 2.68 bits per heavy atom. The number of hydrogen-bond acceptors (Lipinski definition) is 4. The van der Waals surface area contributed by atoms with Gasteiger partial charge in [0, 0.05) is 17.7 Å². The number of nitriles is 1. The fourth-order valence-electron chi connectivity index (χ4n) is 3.01. The lowest BCUT2D eigenvalue weighted by Crippen LogP contribution is -2.42. The lowest BCUT2D eigenvalue weighted by Gasteiger charge is -2.28. The topological polar surface area (TPSA) is 70.4 Å². The number of para-hydroxylation sites is 1. The Morgan fingerprint density at radius 2 is 2.00 bits per heavy atom. The van der Waals surface area contributed by atoms with Crippen molar-refractivity contribution in [2.24, 2.45) is 0 Å². The number of amides is 2. The van der Waals surface area contributed by atoms with Crippen LogP contribution in [0, 0.1) is 11.3 Å². The number of ether oxygens (including phenoxy) is 1. The van der Waals surface area contributed by atoms with Gasteiger partial charge in [0.25, 0.3) is 11.8 Å². The number of hydrogen-bond donors (Lipinski definition) is 0. The van der Waals surface area contributed by atoms with E-state index in [0.29, 0.717) is 11.1 Å².